The maximum atomic E-state index is 13.3. The highest BCUT2D eigenvalue weighted by Gasteiger charge is 2.39. The van der Waals surface area contributed by atoms with Crippen molar-refractivity contribution >= 4 is 5.91 Å². The van der Waals surface area contributed by atoms with Crippen LogP contribution in [0.25, 0.3) is 5.73 Å². The Bertz CT molecular complexity index is 570. The fourth-order valence-electron chi connectivity index (χ4n) is 3.44. The van der Waals surface area contributed by atoms with Gasteiger partial charge in [0.05, 0.1) is 0 Å². The Labute approximate surface area is 145 Å². The number of primary amides is 1. The van der Waals surface area contributed by atoms with E-state index in [-0.39, 0.29) is 50.3 Å². The van der Waals surface area contributed by atoms with Gasteiger partial charge < -0.3 is 16.6 Å². The summed E-state index contributed by atoms with van der Waals surface area (Å²) >= 11 is 0. The number of alkyl halides is 2. The summed E-state index contributed by atoms with van der Waals surface area (Å²) in [7, 11) is 0. The lowest BCUT2D eigenvalue weighted by Gasteiger charge is -2.35. The summed E-state index contributed by atoms with van der Waals surface area (Å²) in [6.45, 7) is 0. The second kappa shape index (κ2) is 8.19. The van der Waals surface area contributed by atoms with Crippen molar-refractivity contribution in [2.24, 2.45) is 17.6 Å². The molecule has 0 aliphatic heterocycles. The third-order valence-electron chi connectivity index (χ3n) is 5.03. The summed E-state index contributed by atoms with van der Waals surface area (Å²) in [5.41, 5.74) is 14.2. The van der Waals surface area contributed by atoms with Crippen molar-refractivity contribution in [2.45, 2.75) is 56.6 Å². The lowest BCUT2D eigenvalue weighted by atomic mass is 9.75. The van der Waals surface area contributed by atoms with Gasteiger partial charge in [0.15, 0.2) is 0 Å². The summed E-state index contributed by atoms with van der Waals surface area (Å²) in [4.78, 5) is 11.7. The molecule has 1 aliphatic rings. The van der Waals surface area contributed by atoms with Gasteiger partial charge in [-0.3, -0.25) is 4.79 Å². The molecule has 25 heavy (non-hydrogen) atoms. The summed E-state index contributed by atoms with van der Waals surface area (Å²) in [6, 6.07) is 4.74. The Morgan fingerprint density at radius 2 is 1.84 bits per heavy atom. The molecular formula is C18H24F3N2O2-. The van der Waals surface area contributed by atoms with E-state index in [1.807, 2.05) is 0 Å². The van der Waals surface area contributed by atoms with Gasteiger partial charge >= 0.3 is 0 Å². The minimum atomic E-state index is -2.70. The number of hydrogen-bond acceptors (Lipinski definition) is 2. The average molecular weight is 357 g/mol. The van der Waals surface area contributed by atoms with Gasteiger partial charge in [0, 0.05) is 24.9 Å². The number of aliphatic hydroxyl groups excluding tert-OH is 1. The first-order chi connectivity index (χ1) is 11.7. The van der Waals surface area contributed by atoms with Crippen molar-refractivity contribution in [3.8, 4) is 0 Å². The first kappa shape index (κ1) is 19.7. The van der Waals surface area contributed by atoms with Gasteiger partial charge in [-0.1, -0.05) is 12.1 Å². The van der Waals surface area contributed by atoms with Gasteiger partial charge in [0.25, 0.3) is 0 Å². The predicted molar refractivity (Wildman–Crippen MR) is 88.4 cm³/mol. The minimum Gasteiger partial charge on any atom is -0.672 e. The molecule has 0 aromatic heterocycles. The van der Waals surface area contributed by atoms with Crippen LogP contribution in [0.4, 0.5) is 13.2 Å². The van der Waals surface area contributed by atoms with E-state index < -0.39 is 29.9 Å². The second-order valence-corrected chi connectivity index (χ2v) is 6.94. The maximum absolute atomic E-state index is 13.3. The molecule has 1 aromatic rings. The van der Waals surface area contributed by atoms with E-state index in [0.717, 1.165) is 0 Å². The third-order valence-corrected chi connectivity index (χ3v) is 5.03. The van der Waals surface area contributed by atoms with Crippen LogP contribution in [0.3, 0.4) is 0 Å². The third kappa shape index (κ3) is 5.71. The smallest absolute Gasteiger partial charge is 0.248 e. The van der Waals surface area contributed by atoms with Gasteiger partial charge in [-0.05, 0) is 49.3 Å². The first-order valence-electron chi connectivity index (χ1n) is 8.49. The molecule has 1 saturated carbocycles. The van der Waals surface area contributed by atoms with E-state index in [2.05, 4.69) is 0 Å². The van der Waals surface area contributed by atoms with Crippen LogP contribution in [-0.4, -0.2) is 29.1 Å². The molecule has 1 fully saturated rings. The predicted octanol–water partition coefficient (Wildman–Crippen LogP) is 3.47. The maximum Gasteiger partial charge on any atom is 0.248 e. The summed E-state index contributed by atoms with van der Waals surface area (Å²) < 4.78 is 39.5. The minimum absolute atomic E-state index is 0.0130. The number of nitrogens with two attached hydrogens (primary N) is 1. The Morgan fingerprint density at radius 1 is 1.28 bits per heavy atom. The van der Waals surface area contributed by atoms with E-state index in [1.165, 1.54) is 12.1 Å². The molecule has 4 N–H and O–H groups in total. The van der Waals surface area contributed by atoms with Gasteiger partial charge in [-0.2, -0.15) is 0 Å². The van der Waals surface area contributed by atoms with Crippen molar-refractivity contribution in [1.82, 2.24) is 0 Å². The number of hydrogen-bond donors (Lipinski definition) is 2. The number of rotatable bonds is 7. The van der Waals surface area contributed by atoms with E-state index in [9.17, 15) is 23.1 Å². The number of aliphatic hydroxyl groups is 1. The monoisotopic (exact) mass is 357 g/mol. The summed E-state index contributed by atoms with van der Waals surface area (Å²) in [5, 5.41) is 10.3. The van der Waals surface area contributed by atoms with Crippen molar-refractivity contribution < 1.29 is 23.1 Å². The summed E-state index contributed by atoms with van der Waals surface area (Å²) in [5.74, 6) is -4.70. The molecule has 1 amide bonds. The van der Waals surface area contributed by atoms with Crippen LogP contribution in [0.15, 0.2) is 24.3 Å². The fourth-order valence-corrected chi connectivity index (χ4v) is 3.44. The Hall–Kier alpha value is -1.60. The first-order valence-corrected chi connectivity index (χ1v) is 8.49. The lowest BCUT2D eigenvalue weighted by molar-refractivity contribution is -0.127. The topological polar surface area (TPSA) is 87.1 Å². The van der Waals surface area contributed by atoms with Gasteiger partial charge in [0.2, 0.25) is 11.8 Å². The molecule has 140 valence electrons. The number of carbonyl (C=O) groups is 1. The number of amides is 1. The van der Waals surface area contributed by atoms with E-state index in [0.29, 0.717) is 5.56 Å². The van der Waals surface area contributed by atoms with Crippen LogP contribution in [0.1, 0.15) is 37.7 Å². The van der Waals surface area contributed by atoms with E-state index in [1.54, 1.807) is 12.1 Å². The molecule has 0 heterocycles. The number of benzene rings is 1. The van der Waals surface area contributed by atoms with Crippen LogP contribution in [0.5, 0.6) is 0 Å². The van der Waals surface area contributed by atoms with Crippen LogP contribution in [-0.2, 0) is 11.2 Å². The quantitative estimate of drug-likeness (QED) is 0.783. The van der Waals surface area contributed by atoms with Crippen molar-refractivity contribution in [3.63, 3.8) is 0 Å². The molecule has 3 unspecified atom stereocenters. The number of nitrogens with one attached hydrogen (secondary N) is 1. The molecular weight excluding hydrogens is 333 g/mol. The molecule has 0 saturated heterocycles. The Balaban J connectivity index is 1.94. The van der Waals surface area contributed by atoms with Crippen LogP contribution in [0.2, 0.25) is 0 Å². The van der Waals surface area contributed by atoms with Gasteiger partial charge in [0.1, 0.15) is 5.82 Å². The molecule has 0 bridgehead atoms. The van der Waals surface area contributed by atoms with E-state index >= 15 is 0 Å². The second-order valence-electron chi connectivity index (χ2n) is 6.94. The van der Waals surface area contributed by atoms with Gasteiger partial charge in [-0.25, -0.2) is 13.2 Å². The summed E-state index contributed by atoms with van der Waals surface area (Å²) in [6.07, 6.45) is -1.10. The highest BCUT2D eigenvalue weighted by Crippen LogP contribution is 2.40. The zero-order valence-electron chi connectivity index (χ0n) is 13.9. The molecule has 4 nitrogen and oxygen atoms in total. The molecule has 1 aromatic carbocycles. The molecule has 3 atom stereocenters. The largest absolute Gasteiger partial charge is 0.672 e. The highest BCUT2D eigenvalue weighted by atomic mass is 19.3. The van der Waals surface area contributed by atoms with Crippen LogP contribution >= 0.6 is 0 Å². The van der Waals surface area contributed by atoms with Gasteiger partial charge in [-0.15, -0.1) is 6.04 Å². The number of carbonyl (C=O) groups excluding carboxylic acids is 1. The average Bonchev–Trinajstić information content (AvgIpc) is 2.54. The van der Waals surface area contributed by atoms with Crippen LogP contribution < -0.4 is 5.73 Å². The molecule has 7 heteroatoms. The number of halogens is 3. The molecule has 0 spiro atoms. The van der Waals surface area contributed by atoms with Crippen molar-refractivity contribution in [1.29, 1.82) is 0 Å². The van der Waals surface area contributed by atoms with Crippen LogP contribution in [0, 0.1) is 17.7 Å². The molecule has 1 aliphatic carbocycles. The molecule has 2 rings (SSSR count). The molecule has 0 radical (unpaired) electrons. The van der Waals surface area contributed by atoms with Crippen molar-refractivity contribution in [3.05, 3.63) is 41.4 Å². The Morgan fingerprint density at radius 3 is 2.36 bits per heavy atom. The normalized spacial score (nSPS) is 21.5. The van der Waals surface area contributed by atoms with E-state index in [4.69, 9.17) is 11.5 Å². The zero-order chi connectivity index (χ0) is 18.6. The fraction of sp³-hybridized carbons (Fsp3) is 0.611. The lowest BCUT2D eigenvalue weighted by Crippen LogP contribution is -2.39. The van der Waals surface area contributed by atoms with Crippen molar-refractivity contribution in [2.75, 3.05) is 0 Å². The SMILES string of the molecule is [NH-]C(Cc1ccc(F)cc1)C(O)CC(C(N)=O)C1CCC(F)(F)CC1. The Kier molecular flexibility index (Phi) is 6.46. The highest BCUT2D eigenvalue weighted by molar-refractivity contribution is 5.77. The zero-order valence-corrected chi connectivity index (χ0v) is 13.9. The standard InChI is InChI=1S/C18H24F3N2O2/c19-13-3-1-11(2-4-13)9-15(22)16(24)10-14(17(23)25)12-5-7-18(20,21)8-6-12/h1-4,12,14-16,22,24H,5-10H2,(H2,23,25)/q-1.